The summed E-state index contributed by atoms with van der Waals surface area (Å²) < 4.78 is 0. The smallest absolute Gasteiger partial charge is 0.236 e. The Bertz CT molecular complexity index is 272. The van der Waals surface area contributed by atoms with Crippen LogP contribution in [-0.4, -0.2) is 22.9 Å². The van der Waals surface area contributed by atoms with Crippen LogP contribution in [0.4, 0.5) is 5.13 Å². The van der Waals surface area contributed by atoms with Crippen LogP contribution in [0.15, 0.2) is 6.20 Å². The fourth-order valence-corrected chi connectivity index (χ4v) is 1.71. The first-order valence-corrected chi connectivity index (χ1v) is 5.64. The summed E-state index contributed by atoms with van der Waals surface area (Å²) in [6.45, 7) is 1.96. The Morgan fingerprint density at radius 1 is 1.83 bits per heavy atom. The number of aromatic nitrogens is 1. The highest BCUT2D eigenvalue weighted by Crippen LogP contribution is 2.16. The Kier molecular flexibility index (Phi) is 3.55. The van der Waals surface area contributed by atoms with Crippen LogP contribution in [-0.2, 0) is 4.79 Å². The molecule has 1 aromatic rings. The van der Waals surface area contributed by atoms with Gasteiger partial charge in [0.2, 0.25) is 5.91 Å². The summed E-state index contributed by atoms with van der Waals surface area (Å²) in [5.74, 6) is 0.496. The molecule has 0 spiro atoms. The van der Waals surface area contributed by atoms with Crippen molar-refractivity contribution in [3.8, 4) is 0 Å². The Morgan fingerprint density at radius 2 is 2.58 bits per heavy atom. The zero-order valence-electron chi connectivity index (χ0n) is 6.96. The Hall–Kier alpha value is -0.550. The second-order valence-electron chi connectivity index (χ2n) is 2.26. The van der Waals surface area contributed by atoms with E-state index in [9.17, 15) is 4.79 Å². The van der Waals surface area contributed by atoms with E-state index in [1.165, 1.54) is 23.1 Å². The molecule has 1 rings (SSSR count). The van der Waals surface area contributed by atoms with E-state index in [1.807, 2.05) is 13.2 Å². The van der Waals surface area contributed by atoms with Crippen LogP contribution in [0, 0.1) is 6.92 Å². The van der Waals surface area contributed by atoms with E-state index in [0.29, 0.717) is 10.9 Å². The number of rotatable bonds is 3. The number of aryl methyl sites for hydroxylation is 1. The van der Waals surface area contributed by atoms with Gasteiger partial charge in [0.25, 0.3) is 0 Å². The van der Waals surface area contributed by atoms with Gasteiger partial charge in [0.1, 0.15) is 0 Å². The number of thioether (sulfide) groups is 1. The van der Waals surface area contributed by atoms with E-state index in [2.05, 4.69) is 10.3 Å². The highest BCUT2D eigenvalue weighted by Gasteiger charge is 2.03. The van der Waals surface area contributed by atoms with Gasteiger partial charge >= 0.3 is 0 Å². The van der Waals surface area contributed by atoms with E-state index in [0.717, 1.165) is 4.88 Å². The molecule has 5 heteroatoms. The quantitative estimate of drug-likeness (QED) is 0.812. The summed E-state index contributed by atoms with van der Waals surface area (Å²) >= 11 is 2.99. The van der Waals surface area contributed by atoms with Gasteiger partial charge in [0, 0.05) is 11.1 Å². The predicted molar refractivity (Wildman–Crippen MR) is 53.9 cm³/mol. The molecule has 0 atom stereocenters. The van der Waals surface area contributed by atoms with Gasteiger partial charge in [-0.15, -0.1) is 11.3 Å². The van der Waals surface area contributed by atoms with E-state index in [-0.39, 0.29) is 5.91 Å². The number of nitrogens with zero attached hydrogens (tertiary/aromatic N) is 1. The van der Waals surface area contributed by atoms with Crippen molar-refractivity contribution in [2.75, 3.05) is 17.3 Å². The van der Waals surface area contributed by atoms with Crippen LogP contribution in [0.25, 0.3) is 0 Å². The number of thiazole rings is 1. The molecule has 1 heterocycles. The number of nitrogens with one attached hydrogen (secondary N) is 1. The molecule has 0 unspecified atom stereocenters. The van der Waals surface area contributed by atoms with Crippen LogP contribution < -0.4 is 5.32 Å². The summed E-state index contributed by atoms with van der Waals surface area (Å²) in [6.07, 6.45) is 3.64. The van der Waals surface area contributed by atoms with E-state index in [4.69, 9.17) is 0 Å². The van der Waals surface area contributed by atoms with Gasteiger partial charge in [-0.05, 0) is 13.2 Å². The third kappa shape index (κ3) is 2.83. The lowest BCUT2D eigenvalue weighted by atomic mass is 10.6. The Balaban J connectivity index is 2.46. The molecule has 0 aliphatic rings. The molecule has 0 bridgehead atoms. The van der Waals surface area contributed by atoms with Crippen LogP contribution in [0.3, 0.4) is 0 Å². The van der Waals surface area contributed by atoms with E-state index in [1.54, 1.807) is 6.20 Å². The SMILES string of the molecule is CSCC(=O)Nc1ncc(C)s1. The first kappa shape index (κ1) is 9.54. The number of amides is 1. The molecule has 0 saturated heterocycles. The van der Waals surface area contributed by atoms with Gasteiger partial charge in [-0.2, -0.15) is 11.8 Å². The largest absolute Gasteiger partial charge is 0.301 e. The van der Waals surface area contributed by atoms with Crippen LogP contribution >= 0.6 is 23.1 Å². The van der Waals surface area contributed by atoms with Crippen LogP contribution in [0.1, 0.15) is 4.88 Å². The molecule has 0 fully saturated rings. The minimum atomic E-state index is 0.0110. The minimum absolute atomic E-state index is 0.0110. The van der Waals surface area contributed by atoms with Gasteiger partial charge in [0.15, 0.2) is 5.13 Å². The van der Waals surface area contributed by atoms with Crippen molar-refractivity contribution in [3.05, 3.63) is 11.1 Å². The van der Waals surface area contributed by atoms with E-state index < -0.39 is 0 Å². The topological polar surface area (TPSA) is 42.0 Å². The highest BCUT2D eigenvalue weighted by molar-refractivity contribution is 7.99. The second-order valence-corrected chi connectivity index (χ2v) is 4.36. The van der Waals surface area contributed by atoms with Crippen molar-refractivity contribution >= 4 is 34.1 Å². The zero-order chi connectivity index (χ0) is 8.97. The monoisotopic (exact) mass is 202 g/mol. The highest BCUT2D eigenvalue weighted by atomic mass is 32.2. The average Bonchev–Trinajstić information content (AvgIpc) is 2.36. The van der Waals surface area contributed by atoms with E-state index >= 15 is 0 Å². The van der Waals surface area contributed by atoms with Crippen LogP contribution in [0.2, 0.25) is 0 Å². The number of hydrogen-bond acceptors (Lipinski definition) is 4. The lowest BCUT2D eigenvalue weighted by Crippen LogP contribution is -2.13. The molecule has 0 aliphatic carbocycles. The number of anilines is 1. The van der Waals surface area contributed by atoms with Gasteiger partial charge < -0.3 is 5.32 Å². The molecule has 0 aliphatic heterocycles. The van der Waals surface area contributed by atoms with Gasteiger partial charge in [-0.3, -0.25) is 4.79 Å². The molecule has 1 N–H and O–H groups in total. The number of hydrogen-bond donors (Lipinski definition) is 1. The predicted octanol–water partition coefficient (Wildman–Crippen LogP) is 1.75. The standard InChI is InChI=1S/C7H10N2OS2/c1-5-3-8-7(12-5)9-6(10)4-11-2/h3H,4H2,1-2H3,(H,8,9,10). The molecule has 0 radical (unpaired) electrons. The zero-order valence-corrected chi connectivity index (χ0v) is 8.59. The number of carbonyl (C=O) groups is 1. The Morgan fingerprint density at radius 3 is 3.08 bits per heavy atom. The normalized spacial score (nSPS) is 9.83. The van der Waals surface area contributed by atoms with Crippen molar-refractivity contribution in [2.45, 2.75) is 6.92 Å². The lowest BCUT2D eigenvalue weighted by Gasteiger charge is -1.97. The number of carbonyl (C=O) groups excluding carboxylic acids is 1. The van der Waals surface area contributed by atoms with Crippen LogP contribution in [0.5, 0.6) is 0 Å². The van der Waals surface area contributed by atoms with Gasteiger partial charge in [-0.25, -0.2) is 4.98 Å². The minimum Gasteiger partial charge on any atom is -0.301 e. The molecule has 3 nitrogen and oxygen atoms in total. The maximum absolute atomic E-state index is 11.1. The molecule has 1 amide bonds. The summed E-state index contributed by atoms with van der Waals surface area (Å²) in [7, 11) is 0. The summed E-state index contributed by atoms with van der Waals surface area (Å²) in [4.78, 5) is 16.2. The summed E-state index contributed by atoms with van der Waals surface area (Å²) in [5, 5.41) is 3.40. The molecule has 1 aromatic heterocycles. The molecule has 66 valence electrons. The fraction of sp³-hybridized carbons (Fsp3) is 0.429. The van der Waals surface area contributed by atoms with Crippen molar-refractivity contribution in [2.24, 2.45) is 0 Å². The Labute approximate surface area is 79.6 Å². The maximum Gasteiger partial charge on any atom is 0.236 e. The van der Waals surface area contributed by atoms with Crippen molar-refractivity contribution in [3.63, 3.8) is 0 Å². The van der Waals surface area contributed by atoms with Crippen molar-refractivity contribution in [1.82, 2.24) is 4.98 Å². The first-order chi connectivity index (χ1) is 5.72. The molecule has 12 heavy (non-hydrogen) atoms. The molecule has 0 saturated carbocycles. The third-order valence-electron chi connectivity index (χ3n) is 1.14. The fourth-order valence-electron chi connectivity index (χ4n) is 0.699. The second kappa shape index (κ2) is 4.47. The maximum atomic E-state index is 11.1. The van der Waals surface area contributed by atoms with Crippen molar-refractivity contribution < 1.29 is 4.79 Å². The first-order valence-electron chi connectivity index (χ1n) is 3.43. The summed E-state index contributed by atoms with van der Waals surface area (Å²) in [6, 6.07) is 0. The lowest BCUT2D eigenvalue weighted by molar-refractivity contribution is -0.113. The van der Waals surface area contributed by atoms with Gasteiger partial charge in [0.05, 0.1) is 5.75 Å². The van der Waals surface area contributed by atoms with Gasteiger partial charge in [-0.1, -0.05) is 0 Å². The average molecular weight is 202 g/mol. The summed E-state index contributed by atoms with van der Waals surface area (Å²) in [5.41, 5.74) is 0. The molecule has 0 aromatic carbocycles. The van der Waals surface area contributed by atoms with Crippen molar-refractivity contribution in [1.29, 1.82) is 0 Å². The molecular formula is C7H10N2OS2. The third-order valence-corrected chi connectivity index (χ3v) is 2.52. The molecular weight excluding hydrogens is 192 g/mol.